The Morgan fingerprint density at radius 1 is 1.29 bits per heavy atom. The molecule has 1 saturated carbocycles. The predicted octanol–water partition coefficient (Wildman–Crippen LogP) is 2.03. The van der Waals surface area contributed by atoms with E-state index in [1.807, 2.05) is 20.8 Å². The molecule has 0 saturated heterocycles. The van der Waals surface area contributed by atoms with Gasteiger partial charge in [-0.15, -0.1) is 0 Å². The quantitative estimate of drug-likeness (QED) is 0.709. The van der Waals surface area contributed by atoms with Crippen LogP contribution in [0.15, 0.2) is 0 Å². The van der Waals surface area contributed by atoms with Crippen molar-refractivity contribution in [1.82, 2.24) is 10.6 Å². The van der Waals surface area contributed by atoms with E-state index in [4.69, 9.17) is 0 Å². The van der Waals surface area contributed by atoms with Crippen molar-refractivity contribution in [3.05, 3.63) is 0 Å². The number of nitrogens with one attached hydrogen (secondary N) is 2. The molecule has 4 heteroatoms. The second kappa shape index (κ2) is 6.24. The molecule has 2 amide bonds. The average Bonchev–Trinajstić information content (AvgIpc) is 2.26. The van der Waals surface area contributed by atoms with Crippen LogP contribution in [0, 0.1) is 5.41 Å². The van der Waals surface area contributed by atoms with Gasteiger partial charge in [0.2, 0.25) is 0 Å². The van der Waals surface area contributed by atoms with Crippen molar-refractivity contribution in [3.63, 3.8) is 0 Å². The highest BCUT2D eigenvalue weighted by atomic mass is 16.3. The Labute approximate surface area is 104 Å². The molecular weight excluding hydrogens is 216 g/mol. The first kappa shape index (κ1) is 14.3. The maximum absolute atomic E-state index is 11.6. The molecule has 1 fully saturated rings. The summed E-state index contributed by atoms with van der Waals surface area (Å²) in [6.45, 7) is 6.18. The summed E-state index contributed by atoms with van der Waals surface area (Å²) in [6, 6.07) is 0.163. The highest BCUT2D eigenvalue weighted by Gasteiger charge is 2.23. The van der Waals surface area contributed by atoms with Gasteiger partial charge in [-0.25, -0.2) is 4.79 Å². The molecular formula is C13H26N2O2. The van der Waals surface area contributed by atoms with Gasteiger partial charge < -0.3 is 15.7 Å². The molecule has 100 valence electrons. The first-order chi connectivity index (χ1) is 7.89. The van der Waals surface area contributed by atoms with Crippen LogP contribution in [0.5, 0.6) is 0 Å². The smallest absolute Gasteiger partial charge is 0.315 e. The lowest BCUT2D eigenvalue weighted by atomic mass is 9.89. The van der Waals surface area contributed by atoms with E-state index in [9.17, 15) is 9.90 Å². The molecule has 1 atom stereocenters. The predicted molar refractivity (Wildman–Crippen MR) is 68.9 cm³/mol. The summed E-state index contributed by atoms with van der Waals surface area (Å²) in [5.41, 5.74) is -0.196. The summed E-state index contributed by atoms with van der Waals surface area (Å²) >= 11 is 0. The molecule has 0 bridgehead atoms. The largest absolute Gasteiger partial charge is 0.391 e. The van der Waals surface area contributed by atoms with Crippen molar-refractivity contribution >= 4 is 6.03 Å². The summed E-state index contributed by atoms with van der Waals surface area (Å²) < 4.78 is 0. The third-order valence-electron chi connectivity index (χ3n) is 3.40. The molecule has 1 rings (SSSR count). The number of carbonyl (C=O) groups is 1. The lowest BCUT2D eigenvalue weighted by molar-refractivity contribution is 0.0648. The summed E-state index contributed by atoms with van der Waals surface area (Å²) in [5.74, 6) is 0. The Morgan fingerprint density at radius 2 is 1.88 bits per heavy atom. The SMILES string of the molecule is CC(C)(C)[C@H](O)CNC(=O)NC1CCCCC1. The molecule has 0 aromatic carbocycles. The Hall–Kier alpha value is -0.770. The van der Waals surface area contributed by atoms with Gasteiger partial charge >= 0.3 is 6.03 Å². The van der Waals surface area contributed by atoms with Gasteiger partial charge in [-0.05, 0) is 18.3 Å². The van der Waals surface area contributed by atoms with Crippen LogP contribution in [0.3, 0.4) is 0 Å². The number of hydrogen-bond donors (Lipinski definition) is 3. The standard InChI is InChI=1S/C13H26N2O2/c1-13(2,3)11(16)9-14-12(17)15-10-7-5-4-6-8-10/h10-11,16H,4-9H2,1-3H3,(H2,14,15,17)/t11-/m1/s1. The Balaban J connectivity index is 2.20. The number of hydrogen-bond acceptors (Lipinski definition) is 2. The van der Waals surface area contributed by atoms with Crippen molar-refractivity contribution in [2.75, 3.05) is 6.54 Å². The van der Waals surface area contributed by atoms with Crippen LogP contribution in [0.2, 0.25) is 0 Å². The Bertz CT molecular complexity index is 242. The number of carbonyl (C=O) groups excluding carboxylic acids is 1. The molecule has 0 aromatic heterocycles. The number of urea groups is 1. The second-order valence-electron chi connectivity index (χ2n) is 6.07. The van der Waals surface area contributed by atoms with Gasteiger partial charge in [-0.2, -0.15) is 0 Å². The van der Waals surface area contributed by atoms with Gasteiger partial charge in [0.15, 0.2) is 0 Å². The van der Waals surface area contributed by atoms with Crippen molar-refractivity contribution in [2.45, 2.75) is 65.0 Å². The van der Waals surface area contributed by atoms with Crippen LogP contribution < -0.4 is 10.6 Å². The van der Waals surface area contributed by atoms with E-state index in [2.05, 4.69) is 10.6 Å². The van der Waals surface area contributed by atoms with Gasteiger partial charge in [0.05, 0.1) is 6.10 Å². The van der Waals surface area contributed by atoms with Gasteiger partial charge in [0.1, 0.15) is 0 Å². The highest BCUT2D eigenvalue weighted by molar-refractivity contribution is 5.74. The van der Waals surface area contributed by atoms with E-state index in [-0.39, 0.29) is 11.4 Å². The zero-order valence-electron chi connectivity index (χ0n) is 11.3. The third-order valence-corrected chi connectivity index (χ3v) is 3.40. The van der Waals surface area contributed by atoms with Crippen LogP contribution >= 0.6 is 0 Å². The van der Waals surface area contributed by atoms with Crippen LogP contribution in [0.25, 0.3) is 0 Å². The fraction of sp³-hybridized carbons (Fsp3) is 0.923. The molecule has 0 spiro atoms. The molecule has 0 aromatic rings. The minimum Gasteiger partial charge on any atom is -0.391 e. The van der Waals surface area contributed by atoms with Crippen molar-refractivity contribution in [3.8, 4) is 0 Å². The van der Waals surface area contributed by atoms with Crippen LogP contribution in [0.1, 0.15) is 52.9 Å². The molecule has 1 aliphatic rings. The summed E-state index contributed by atoms with van der Waals surface area (Å²) in [6.07, 6.45) is 5.33. The number of aliphatic hydroxyl groups is 1. The number of amides is 2. The normalized spacial score (nSPS) is 19.8. The maximum Gasteiger partial charge on any atom is 0.315 e. The minimum absolute atomic E-state index is 0.153. The van der Waals surface area contributed by atoms with E-state index >= 15 is 0 Å². The van der Waals surface area contributed by atoms with E-state index in [0.717, 1.165) is 12.8 Å². The average molecular weight is 242 g/mol. The Morgan fingerprint density at radius 3 is 2.41 bits per heavy atom. The van der Waals surface area contributed by atoms with Crippen LogP contribution in [0.4, 0.5) is 4.79 Å². The van der Waals surface area contributed by atoms with E-state index in [1.165, 1.54) is 19.3 Å². The lowest BCUT2D eigenvalue weighted by Crippen LogP contribution is -2.47. The van der Waals surface area contributed by atoms with Crippen molar-refractivity contribution < 1.29 is 9.90 Å². The number of aliphatic hydroxyl groups excluding tert-OH is 1. The van der Waals surface area contributed by atoms with Gasteiger partial charge in [-0.1, -0.05) is 40.0 Å². The molecule has 1 aliphatic carbocycles. The highest BCUT2D eigenvalue weighted by Crippen LogP contribution is 2.18. The van der Waals surface area contributed by atoms with Gasteiger partial charge in [0, 0.05) is 12.6 Å². The second-order valence-corrected chi connectivity index (χ2v) is 6.07. The molecule has 0 heterocycles. The van der Waals surface area contributed by atoms with E-state index < -0.39 is 6.10 Å². The van der Waals surface area contributed by atoms with Crippen molar-refractivity contribution in [1.29, 1.82) is 0 Å². The van der Waals surface area contributed by atoms with Crippen LogP contribution in [-0.2, 0) is 0 Å². The molecule has 0 aliphatic heterocycles. The fourth-order valence-corrected chi connectivity index (χ4v) is 1.98. The molecule has 3 N–H and O–H groups in total. The van der Waals surface area contributed by atoms with E-state index in [1.54, 1.807) is 0 Å². The summed E-state index contributed by atoms with van der Waals surface area (Å²) in [5, 5.41) is 15.5. The molecule has 0 radical (unpaired) electrons. The zero-order chi connectivity index (χ0) is 12.9. The molecule has 0 unspecified atom stereocenters. The first-order valence-electron chi connectivity index (χ1n) is 6.62. The van der Waals surface area contributed by atoms with Crippen molar-refractivity contribution in [2.24, 2.45) is 5.41 Å². The molecule has 17 heavy (non-hydrogen) atoms. The Kier molecular flexibility index (Phi) is 5.25. The first-order valence-corrected chi connectivity index (χ1v) is 6.62. The topological polar surface area (TPSA) is 61.4 Å². The minimum atomic E-state index is -0.514. The monoisotopic (exact) mass is 242 g/mol. The lowest BCUT2D eigenvalue weighted by Gasteiger charge is -2.27. The number of rotatable bonds is 3. The maximum atomic E-state index is 11.6. The molecule has 4 nitrogen and oxygen atoms in total. The van der Waals surface area contributed by atoms with E-state index in [0.29, 0.717) is 12.6 Å². The van der Waals surface area contributed by atoms with Gasteiger partial charge in [-0.3, -0.25) is 0 Å². The summed E-state index contributed by atoms with van der Waals surface area (Å²) in [4.78, 5) is 11.6. The third kappa shape index (κ3) is 5.39. The zero-order valence-corrected chi connectivity index (χ0v) is 11.3. The fourth-order valence-electron chi connectivity index (χ4n) is 1.98. The van der Waals surface area contributed by atoms with Gasteiger partial charge in [0.25, 0.3) is 0 Å². The van der Waals surface area contributed by atoms with Crippen LogP contribution in [-0.4, -0.2) is 29.8 Å². The summed E-state index contributed by atoms with van der Waals surface area (Å²) in [7, 11) is 0.